The van der Waals surface area contributed by atoms with E-state index in [-0.39, 0.29) is 12.6 Å². The van der Waals surface area contributed by atoms with Crippen LogP contribution in [-0.2, 0) is 4.79 Å². The molecule has 19 heavy (non-hydrogen) atoms. The number of rotatable bonds is 4. The van der Waals surface area contributed by atoms with Crippen LogP contribution in [-0.4, -0.2) is 29.6 Å². The number of amides is 1. The van der Waals surface area contributed by atoms with Crippen molar-refractivity contribution in [3.63, 3.8) is 0 Å². The van der Waals surface area contributed by atoms with E-state index in [1.54, 1.807) is 25.2 Å². The summed E-state index contributed by atoms with van der Waals surface area (Å²) in [6.07, 6.45) is 0. The van der Waals surface area contributed by atoms with Crippen LogP contribution in [0.3, 0.4) is 0 Å². The maximum Gasteiger partial charge on any atom is 0.324 e. The molecule has 0 unspecified atom stereocenters. The molecule has 2 rings (SSSR count). The summed E-state index contributed by atoms with van der Waals surface area (Å²) < 4.78 is 5.03. The van der Waals surface area contributed by atoms with Gasteiger partial charge in [-0.2, -0.15) is 4.98 Å². The lowest BCUT2D eigenvalue weighted by Gasteiger charge is -2.09. The number of carbonyl (C=O) groups is 1. The molecule has 0 spiro atoms. The van der Waals surface area contributed by atoms with Gasteiger partial charge in [0.1, 0.15) is 6.54 Å². The number of carbonyl (C=O) groups excluding carboxylic acids is 1. The smallest absolute Gasteiger partial charge is 0.324 e. The third-order valence-electron chi connectivity index (χ3n) is 2.26. The molecule has 0 saturated heterocycles. The van der Waals surface area contributed by atoms with Gasteiger partial charge in [-0.25, -0.2) is 0 Å². The Labute approximate surface area is 119 Å². The highest BCUT2D eigenvalue weighted by atomic mass is 35.5. The standard InChI is InChI=1S/C11H10Cl2N4O2/c1-17(5-9(14)18)11-15-10(16-19-11)6-2-7(12)4-8(13)3-6/h2-4H,5H2,1H3,(H2,14,18). The molecule has 0 aliphatic carbocycles. The van der Waals surface area contributed by atoms with Crippen molar-refractivity contribution in [3.05, 3.63) is 28.2 Å². The molecule has 1 heterocycles. The second kappa shape index (κ2) is 5.46. The van der Waals surface area contributed by atoms with Gasteiger partial charge in [-0.1, -0.05) is 28.4 Å². The quantitative estimate of drug-likeness (QED) is 0.933. The molecule has 100 valence electrons. The number of hydrogen-bond donors (Lipinski definition) is 1. The number of aromatic nitrogens is 2. The average molecular weight is 301 g/mol. The van der Waals surface area contributed by atoms with E-state index in [0.29, 0.717) is 21.4 Å². The lowest BCUT2D eigenvalue weighted by atomic mass is 10.2. The van der Waals surface area contributed by atoms with Crippen molar-refractivity contribution in [2.24, 2.45) is 5.73 Å². The van der Waals surface area contributed by atoms with Gasteiger partial charge in [0.15, 0.2) is 0 Å². The summed E-state index contributed by atoms with van der Waals surface area (Å²) in [6.45, 7) is -0.0159. The molecule has 0 aliphatic rings. The number of halogens is 2. The topological polar surface area (TPSA) is 85.2 Å². The SMILES string of the molecule is CN(CC(N)=O)c1nc(-c2cc(Cl)cc(Cl)c2)no1. The Hall–Kier alpha value is -1.79. The summed E-state index contributed by atoms with van der Waals surface area (Å²) in [5, 5.41) is 4.74. The number of primary amides is 1. The van der Waals surface area contributed by atoms with Crippen LogP contribution in [0.4, 0.5) is 6.01 Å². The first-order valence-corrected chi connectivity index (χ1v) is 6.01. The zero-order chi connectivity index (χ0) is 14.0. The maximum absolute atomic E-state index is 10.8. The number of hydrogen-bond acceptors (Lipinski definition) is 5. The molecule has 0 saturated carbocycles. The van der Waals surface area contributed by atoms with Crippen molar-refractivity contribution < 1.29 is 9.32 Å². The third kappa shape index (κ3) is 3.36. The van der Waals surface area contributed by atoms with Crippen molar-refractivity contribution in [3.8, 4) is 11.4 Å². The zero-order valence-corrected chi connectivity index (χ0v) is 11.4. The third-order valence-corrected chi connectivity index (χ3v) is 2.69. The van der Waals surface area contributed by atoms with Gasteiger partial charge in [0.25, 0.3) is 0 Å². The van der Waals surface area contributed by atoms with E-state index in [1.165, 1.54) is 4.90 Å². The fraction of sp³-hybridized carbons (Fsp3) is 0.182. The summed E-state index contributed by atoms with van der Waals surface area (Å²) in [6, 6.07) is 5.11. The zero-order valence-electron chi connectivity index (χ0n) is 9.93. The number of nitrogens with two attached hydrogens (primary N) is 1. The number of likely N-dealkylation sites (N-methyl/N-ethyl adjacent to an activating group) is 1. The lowest BCUT2D eigenvalue weighted by molar-refractivity contribution is -0.116. The highest BCUT2D eigenvalue weighted by molar-refractivity contribution is 6.35. The first-order chi connectivity index (χ1) is 8.95. The minimum atomic E-state index is -0.493. The summed E-state index contributed by atoms with van der Waals surface area (Å²) in [7, 11) is 1.62. The predicted octanol–water partition coefficient (Wildman–Crippen LogP) is 1.96. The van der Waals surface area contributed by atoms with Crippen LogP contribution in [0.5, 0.6) is 0 Å². The molecule has 0 aliphatic heterocycles. The van der Waals surface area contributed by atoms with Crippen LogP contribution in [0.15, 0.2) is 22.7 Å². The van der Waals surface area contributed by atoms with Crippen molar-refractivity contribution in [1.29, 1.82) is 0 Å². The maximum atomic E-state index is 10.8. The van der Waals surface area contributed by atoms with Crippen LogP contribution in [0.1, 0.15) is 0 Å². The van der Waals surface area contributed by atoms with Crippen LogP contribution >= 0.6 is 23.2 Å². The molecule has 0 radical (unpaired) electrons. The van der Waals surface area contributed by atoms with Crippen molar-refractivity contribution in [2.75, 3.05) is 18.5 Å². The van der Waals surface area contributed by atoms with Crippen molar-refractivity contribution >= 4 is 35.1 Å². The molecular weight excluding hydrogens is 291 g/mol. The first-order valence-electron chi connectivity index (χ1n) is 5.25. The fourth-order valence-corrected chi connectivity index (χ4v) is 2.00. The Kier molecular flexibility index (Phi) is 3.92. The van der Waals surface area contributed by atoms with Crippen LogP contribution in [0.25, 0.3) is 11.4 Å². The van der Waals surface area contributed by atoms with Gasteiger partial charge in [-0.15, -0.1) is 0 Å². The van der Waals surface area contributed by atoms with Gasteiger partial charge in [0.05, 0.1) is 0 Å². The molecule has 1 amide bonds. The Balaban J connectivity index is 2.27. The second-order valence-electron chi connectivity index (χ2n) is 3.88. The molecule has 1 aromatic heterocycles. The predicted molar refractivity (Wildman–Crippen MR) is 72.2 cm³/mol. The molecule has 1 aromatic carbocycles. The monoisotopic (exact) mass is 300 g/mol. The molecule has 0 fully saturated rings. The fourth-order valence-electron chi connectivity index (χ4n) is 1.47. The second-order valence-corrected chi connectivity index (χ2v) is 4.75. The summed E-state index contributed by atoms with van der Waals surface area (Å²) >= 11 is 11.8. The number of benzene rings is 1. The molecule has 0 bridgehead atoms. The lowest BCUT2D eigenvalue weighted by Crippen LogP contribution is -2.30. The van der Waals surface area contributed by atoms with Gasteiger partial charge in [0.2, 0.25) is 11.7 Å². The van der Waals surface area contributed by atoms with Gasteiger partial charge in [-0.3, -0.25) is 4.79 Å². The molecule has 2 N–H and O–H groups in total. The Bertz CT molecular complexity index is 594. The Morgan fingerprint density at radius 2 is 2.00 bits per heavy atom. The molecular formula is C11H10Cl2N4O2. The highest BCUT2D eigenvalue weighted by Gasteiger charge is 2.14. The van der Waals surface area contributed by atoms with Gasteiger partial charge < -0.3 is 15.2 Å². The van der Waals surface area contributed by atoms with Crippen molar-refractivity contribution in [2.45, 2.75) is 0 Å². The van der Waals surface area contributed by atoms with E-state index >= 15 is 0 Å². The Morgan fingerprint density at radius 3 is 2.58 bits per heavy atom. The first kappa shape index (κ1) is 13.6. The van der Waals surface area contributed by atoms with Gasteiger partial charge in [0, 0.05) is 22.7 Å². The normalized spacial score (nSPS) is 10.5. The number of nitrogens with zero attached hydrogens (tertiary/aromatic N) is 3. The van der Waals surface area contributed by atoms with E-state index in [9.17, 15) is 4.79 Å². The number of anilines is 1. The minimum absolute atomic E-state index is 0.0159. The Morgan fingerprint density at radius 1 is 1.37 bits per heavy atom. The molecule has 0 atom stereocenters. The van der Waals surface area contributed by atoms with Crippen LogP contribution in [0, 0.1) is 0 Å². The van der Waals surface area contributed by atoms with E-state index in [2.05, 4.69) is 10.1 Å². The molecule has 2 aromatic rings. The van der Waals surface area contributed by atoms with Crippen LogP contribution in [0.2, 0.25) is 10.0 Å². The minimum Gasteiger partial charge on any atom is -0.368 e. The molecule has 6 nitrogen and oxygen atoms in total. The van der Waals surface area contributed by atoms with Gasteiger partial charge in [-0.05, 0) is 18.2 Å². The largest absolute Gasteiger partial charge is 0.368 e. The summed E-state index contributed by atoms with van der Waals surface area (Å²) in [4.78, 5) is 16.4. The summed E-state index contributed by atoms with van der Waals surface area (Å²) in [5.41, 5.74) is 5.71. The van der Waals surface area contributed by atoms with Crippen molar-refractivity contribution in [1.82, 2.24) is 10.1 Å². The average Bonchev–Trinajstić information content (AvgIpc) is 2.75. The summed E-state index contributed by atoms with van der Waals surface area (Å²) in [5.74, 6) is -0.163. The van der Waals surface area contributed by atoms with Gasteiger partial charge >= 0.3 is 6.01 Å². The van der Waals surface area contributed by atoms with E-state index < -0.39 is 5.91 Å². The molecule has 8 heteroatoms. The van der Waals surface area contributed by atoms with E-state index in [0.717, 1.165) is 0 Å². The van der Waals surface area contributed by atoms with E-state index in [1.807, 2.05) is 0 Å². The van der Waals surface area contributed by atoms with Crippen LogP contribution < -0.4 is 10.6 Å². The van der Waals surface area contributed by atoms with E-state index in [4.69, 9.17) is 33.5 Å². The highest BCUT2D eigenvalue weighted by Crippen LogP contribution is 2.26.